The Morgan fingerprint density at radius 1 is 0.919 bits per heavy atom. The Hall–Kier alpha value is -3.58. The molecule has 0 spiro atoms. The minimum absolute atomic E-state index is 0.00217. The Kier molecular flexibility index (Phi) is 7.60. The van der Waals surface area contributed by atoms with Crippen LogP contribution in [0, 0.1) is 5.82 Å². The van der Waals surface area contributed by atoms with Gasteiger partial charge in [-0.2, -0.15) is 0 Å². The van der Waals surface area contributed by atoms with E-state index in [0.29, 0.717) is 25.7 Å². The number of anilines is 1. The number of carbonyl (C=O) groups is 2. The number of amides is 2. The summed E-state index contributed by atoms with van der Waals surface area (Å²) in [5.41, 5.74) is 3.81. The molecular weight excluding hydrogens is 467 g/mol. The molecule has 37 heavy (non-hydrogen) atoms. The maximum atomic E-state index is 13.7. The summed E-state index contributed by atoms with van der Waals surface area (Å²) < 4.78 is 13.5. The van der Waals surface area contributed by atoms with E-state index in [1.165, 1.54) is 17.7 Å². The average Bonchev–Trinajstić information content (AvgIpc) is 3.25. The van der Waals surface area contributed by atoms with Gasteiger partial charge in [-0.3, -0.25) is 19.5 Å². The topological polar surface area (TPSA) is 56.8 Å². The molecule has 192 valence electrons. The van der Waals surface area contributed by atoms with Crippen LogP contribution in [0.4, 0.5) is 10.1 Å². The van der Waals surface area contributed by atoms with E-state index >= 15 is 0 Å². The minimum atomic E-state index is -0.312. The van der Waals surface area contributed by atoms with Gasteiger partial charge in [-0.15, -0.1) is 0 Å². The molecule has 2 amide bonds. The Morgan fingerprint density at radius 3 is 2.41 bits per heavy atom. The summed E-state index contributed by atoms with van der Waals surface area (Å²) in [7, 11) is 0. The maximum Gasteiger partial charge on any atom is 0.227 e. The number of hydrogen-bond donors (Lipinski definition) is 0. The molecular formula is C30H33FN4O2. The van der Waals surface area contributed by atoms with Gasteiger partial charge in [-0.1, -0.05) is 30.3 Å². The molecule has 7 heteroatoms. The second kappa shape index (κ2) is 11.2. The summed E-state index contributed by atoms with van der Waals surface area (Å²) in [5, 5.41) is 0. The largest absolute Gasteiger partial charge is 0.336 e. The predicted molar refractivity (Wildman–Crippen MR) is 141 cm³/mol. The minimum Gasteiger partial charge on any atom is -0.336 e. The van der Waals surface area contributed by atoms with Gasteiger partial charge in [0, 0.05) is 63.3 Å². The maximum absolute atomic E-state index is 13.7. The first-order valence-corrected chi connectivity index (χ1v) is 13.0. The van der Waals surface area contributed by atoms with Crippen molar-refractivity contribution in [3.05, 3.63) is 95.6 Å². The highest BCUT2D eigenvalue weighted by Crippen LogP contribution is 2.32. The first kappa shape index (κ1) is 25.1. The molecule has 1 aromatic heterocycles. The molecule has 2 unspecified atom stereocenters. The number of aromatic nitrogens is 1. The normalized spacial score (nSPS) is 20.3. The number of benzene rings is 2. The summed E-state index contributed by atoms with van der Waals surface area (Å²) in [4.78, 5) is 36.9. The Bertz CT molecular complexity index is 1230. The number of carbonyl (C=O) groups excluding carboxylic acids is 2. The standard InChI is InChI=1S/C30H33FN4O2/c1-22(36)34-17-14-27-10-11-28(35(27)19-24-12-15-32-16-13-24)21-33(20-25-4-2-3-5-29(25)34)30(37)18-23-6-8-26(31)9-7-23/h2-9,12-13,15-16,27-28H,10-11,14,17-21H2,1H3. The fourth-order valence-electron chi connectivity index (χ4n) is 5.71. The molecule has 3 heterocycles. The van der Waals surface area contributed by atoms with Crippen LogP contribution in [0.1, 0.15) is 42.9 Å². The molecule has 2 bridgehead atoms. The van der Waals surface area contributed by atoms with Gasteiger partial charge in [0.25, 0.3) is 0 Å². The number of rotatable bonds is 4. The molecule has 5 rings (SSSR count). The van der Waals surface area contributed by atoms with E-state index in [9.17, 15) is 14.0 Å². The van der Waals surface area contributed by atoms with Crippen molar-refractivity contribution < 1.29 is 14.0 Å². The van der Waals surface area contributed by atoms with E-state index in [1.807, 2.05) is 58.6 Å². The average molecular weight is 501 g/mol. The summed E-state index contributed by atoms with van der Waals surface area (Å²) in [6, 6.07) is 18.6. The third kappa shape index (κ3) is 5.88. The Morgan fingerprint density at radius 2 is 1.65 bits per heavy atom. The zero-order chi connectivity index (χ0) is 25.8. The van der Waals surface area contributed by atoms with E-state index < -0.39 is 0 Å². The molecule has 1 saturated heterocycles. The van der Waals surface area contributed by atoms with Crippen molar-refractivity contribution in [3.8, 4) is 0 Å². The number of hydrogen-bond acceptors (Lipinski definition) is 4. The lowest BCUT2D eigenvalue weighted by molar-refractivity contribution is -0.132. The van der Waals surface area contributed by atoms with Gasteiger partial charge in [0.05, 0.1) is 6.42 Å². The summed E-state index contributed by atoms with van der Waals surface area (Å²) in [5.74, 6) is -0.304. The van der Waals surface area contributed by atoms with Crippen molar-refractivity contribution in [1.82, 2.24) is 14.8 Å². The monoisotopic (exact) mass is 500 g/mol. The van der Waals surface area contributed by atoms with Crippen LogP contribution in [-0.2, 0) is 29.1 Å². The van der Waals surface area contributed by atoms with Crippen LogP contribution in [0.5, 0.6) is 0 Å². The number of pyridine rings is 1. The quantitative estimate of drug-likeness (QED) is 0.526. The van der Waals surface area contributed by atoms with Crippen LogP contribution in [0.15, 0.2) is 73.1 Å². The SMILES string of the molecule is CC(=O)N1CCC2CCC(CN(C(=O)Cc3ccc(F)cc3)Cc3ccccc31)N2Cc1ccncc1. The second-order valence-corrected chi connectivity index (χ2v) is 10.1. The van der Waals surface area contributed by atoms with Crippen molar-refractivity contribution in [2.75, 3.05) is 18.0 Å². The smallest absolute Gasteiger partial charge is 0.227 e. The van der Waals surface area contributed by atoms with E-state index in [2.05, 4.69) is 9.88 Å². The van der Waals surface area contributed by atoms with Crippen molar-refractivity contribution in [3.63, 3.8) is 0 Å². The lowest BCUT2D eigenvalue weighted by atomic mass is 10.1. The first-order chi connectivity index (χ1) is 18.0. The highest BCUT2D eigenvalue weighted by Gasteiger charge is 2.36. The molecule has 2 aliphatic heterocycles. The van der Waals surface area contributed by atoms with E-state index in [4.69, 9.17) is 0 Å². The van der Waals surface area contributed by atoms with Gasteiger partial charge in [0.15, 0.2) is 0 Å². The lowest BCUT2D eigenvalue weighted by Gasteiger charge is -2.34. The highest BCUT2D eigenvalue weighted by molar-refractivity contribution is 5.92. The van der Waals surface area contributed by atoms with Crippen LogP contribution in [-0.4, -0.2) is 51.8 Å². The highest BCUT2D eigenvalue weighted by atomic mass is 19.1. The van der Waals surface area contributed by atoms with Crippen LogP contribution in [0.2, 0.25) is 0 Å². The predicted octanol–water partition coefficient (Wildman–Crippen LogP) is 4.58. The van der Waals surface area contributed by atoms with Crippen LogP contribution in [0.25, 0.3) is 0 Å². The van der Waals surface area contributed by atoms with Crippen molar-refractivity contribution in [1.29, 1.82) is 0 Å². The van der Waals surface area contributed by atoms with Gasteiger partial charge >= 0.3 is 0 Å². The Balaban J connectivity index is 1.49. The Labute approximate surface area is 217 Å². The molecule has 0 saturated carbocycles. The molecule has 2 atom stereocenters. The van der Waals surface area contributed by atoms with Gasteiger partial charge < -0.3 is 9.80 Å². The fourth-order valence-corrected chi connectivity index (χ4v) is 5.71. The molecule has 0 aliphatic carbocycles. The molecule has 1 fully saturated rings. The van der Waals surface area contributed by atoms with Gasteiger partial charge in [0.1, 0.15) is 5.82 Å². The molecule has 6 nitrogen and oxygen atoms in total. The van der Waals surface area contributed by atoms with Gasteiger partial charge in [0.2, 0.25) is 11.8 Å². The van der Waals surface area contributed by atoms with Gasteiger partial charge in [-0.05, 0) is 66.3 Å². The summed E-state index contributed by atoms with van der Waals surface area (Å²) in [6.07, 6.45) is 6.74. The molecule has 3 aromatic rings. The zero-order valence-corrected chi connectivity index (χ0v) is 21.2. The summed E-state index contributed by atoms with van der Waals surface area (Å²) >= 11 is 0. The van der Waals surface area contributed by atoms with Crippen molar-refractivity contribution in [2.45, 2.75) is 57.8 Å². The molecule has 0 radical (unpaired) electrons. The number of nitrogens with zero attached hydrogens (tertiary/aromatic N) is 4. The summed E-state index contributed by atoms with van der Waals surface area (Å²) in [6.45, 7) is 4.06. The number of halogens is 1. The van der Waals surface area contributed by atoms with Crippen molar-refractivity contribution in [2.24, 2.45) is 0 Å². The van der Waals surface area contributed by atoms with E-state index in [-0.39, 0.29) is 30.1 Å². The second-order valence-electron chi connectivity index (χ2n) is 10.1. The van der Waals surface area contributed by atoms with Crippen LogP contribution < -0.4 is 4.90 Å². The number of para-hydroxylation sites is 1. The van der Waals surface area contributed by atoms with Crippen LogP contribution in [0.3, 0.4) is 0 Å². The van der Waals surface area contributed by atoms with E-state index in [1.54, 1.807) is 19.1 Å². The first-order valence-electron chi connectivity index (χ1n) is 13.0. The zero-order valence-electron chi connectivity index (χ0n) is 21.2. The third-order valence-electron chi connectivity index (χ3n) is 7.65. The molecule has 2 aliphatic rings. The fraction of sp³-hybridized carbons (Fsp3) is 0.367. The molecule has 0 N–H and O–H groups in total. The van der Waals surface area contributed by atoms with Crippen LogP contribution >= 0.6 is 0 Å². The third-order valence-corrected chi connectivity index (χ3v) is 7.65. The van der Waals surface area contributed by atoms with E-state index in [0.717, 1.165) is 42.6 Å². The number of fused-ring (bicyclic) bond motifs is 3. The van der Waals surface area contributed by atoms with Crippen molar-refractivity contribution >= 4 is 17.5 Å². The lowest BCUT2D eigenvalue weighted by Crippen LogP contribution is -2.45. The molecule has 2 aromatic carbocycles. The van der Waals surface area contributed by atoms with Gasteiger partial charge in [-0.25, -0.2) is 4.39 Å².